The van der Waals surface area contributed by atoms with E-state index in [0.717, 1.165) is 5.92 Å². The summed E-state index contributed by atoms with van der Waals surface area (Å²) in [5.41, 5.74) is 4.46. The molecule has 1 aliphatic carbocycles. The second kappa shape index (κ2) is 3.80. The van der Waals surface area contributed by atoms with Gasteiger partial charge in [-0.1, -0.05) is 19.3 Å². The largest absolute Gasteiger partial charge is 0.351 e. The standard InChI is InChI=1S/C13H21N/c1-10-9-13(14(3)11(10)2)12-7-5-4-6-8-12/h9,12H,4-8H2,1-3H3. The lowest BCUT2D eigenvalue weighted by Crippen LogP contribution is -2.09. The molecule has 1 nitrogen and oxygen atoms in total. The van der Waals surface area contributed by atoms with Crippen LogP contribution < -0.4 is 0 Å². The molecular weight excluding hydrogens is 170 g/mol. The van der Waals surface area contributed by atoms with Gasteiger partial charge in [-0.25, -0.2) is 0 Å². The summed E-state index contributed by atoms with van der Waals surface area (Å²) in [6.07, 6.45) is 7.09. The molecule has 1 aromatic rings. The Hall–Kier alpha value is -0.720. The molecule has 0 bridgehead atoms. The van der Waals surface area contributed by atoms with Gasteiger partial charge >= 0.3 is 0 Å². The van der Waals surface area contributed by atoms with Crippen molar-refractivity contribution in [2.24, 2.45) is 7.05 Å². The molecule has 0 amide bonds. The van der Waals surface area contributed by atoms with E-state index >= 15 is 0 Å². The zero-order valence-electron chi connectivity index (χ0n) is 9.64. The van der Waals surface area contributed by atoms with Gasteiger partial charge in [-0.15, -0.1) is 0 Å². The fourth-order valence-corrected chi connectivity index (χ4v) is 2.67. The van der Waals surface area contributed by atoms with Crippen molar-refractivity contribution in [3.63, 3.8) is 0 Å². The van der Waals surface area contributed by atoms with E-state index in [2.05, 4.69) is 31.5 Å². The molecule has 0 N–H and O–H groups in total. The third-order valence-electron chi connectivity index (χ3n) is 3.85. The Balaban J connectivity index is 2.26. The highest BCUT2D eigenvalue weighted by molar-refractivity contribution is 5.28. The van der Waals surface area contributed by atoms with Crippen LogP contribution in [0.2, 0.25) is 0 Å². The molecule has 0 aromatic carbocycles. The molecule has 0 unspecified atom stereocenters. The van der Waals surface area contributed by atoms with Crippen molar-refractivity contribution in [2.75, 3.05) is 0 Å². The normalized spacial score (nSPS) is 18.8. The van der Waals surface area contributed by atoms with Gasteiger partial charge < -0.3 is 4.57 Å². The lowest BCUT2D eigenvalue weighted by Gasteiger charge is -2.22. The first-order valence-electron chi connectivity index (χ1n) is 5.83. The second-order valence-corrected chi connectivity index (χ2v) is 4.73. The van der Waals surface area contributed by atoms with Gasteiger partial charge in [0, 0.05) is 18.4 Å². The van der Waals surface area contributed by atoms with Gasteiger partial charge in [0.15, 0.2) is 0 Å². The van der Waals surface area contributed by atoms with Crippen LogP contribution in [0.15, 0.2) is 6.07 Å². The fourth-order valence-electron chi connectivity index (χ4n) is 2.67. The quantitative estimate of drug-likeness (QED) is 0.638. The molecule has 1 heteroatoms. The minimum absolute atomic E-state index is 0.834. The lowest BCUT2D eigenvalue weighted by atomic mass is 9.87. The SMILES string of the molecule is Cc1cc(C2CCCCC2)n(C)c1C. The maximum Gasteiger partial charge on any atom is 0.0208 e. The van der Waals surface area contributed by atoms with Crippen LogP contribution in [0.1, 0.15) is 55.0 Å². The van der Waals surface area contributed by atoms with Gasteiger partial charge in [-0.3, -0.25) is 0 Å². The highest BCUT2D eigenvalue weighted by atomic mass is 15.0. The van der Waals surface area contributed by atoms with E-state index in [9.17, 15) is 0 Å². The number of hydrogen-bond acceptors (Lipinski definition) is 0. The molecule has 1 saturated carbocycles. The lowest BCUT2D eigenvalue weighted by molar-refractivity contribution is 0.428. The molecule has 78 valence electrons. The first-order valence-corrected chi connectivity index (χ1v) is 5.83. The average molecular weight is 191 g/mol. The highest BCUT2D eigenvalue weighted by Crippen LogP contribution is 2.33. The summed E-state index contributed by atoms with van der Waals surface area (Å²) in [5, 5.41) is 0. The third kappa shape index (κ3) is 1.60. The monoisotopic (exact) mass is 191 g/mol. The van der Waals surface area contributed by atoms with Gasteiger partial charge in [-0.2, -0.15) is 0 Å². The van der Waals surface area contributed by atoms with Gasteiger partial charge in [0.25, 0.3) is 0 Å². The predicted molar refractivity (Wildman–Crippen MR) is 60.7 cm³/mol. The molecule has 1 aromatic heterocycles. The Labute approximate surface area is 87.1 Å². The Kier molecular flexibility index (Phi) is 2.66. The molecular formula is C13H21N. The predicted octanol–water partition coefficient (Wildman–Crippen LogP) is 3.69. The maximum atomic E-state index is 2.39. The Bertz CT molecular complexity index is 316. The molecule has 0 aliphatic heterocycles. The number of hydrogen-bond donors (Lipinski definition) is 0. The van der Waals surface area contributed by atoms with E-state index in [1.165, 1.54) is 43.4 Å². The minimum atomic E-state index is 0.834. The fraction of sp³-hybridized carbons (Fsp3) is 0.692. The van der Waals surface area contributed by atoms with Crippen LogP contribution in [0.5, 0.6) is 0 Å². The Morgan fingerprint density at radius 2 is 1.79 bits per heavy atom. The van der Waals surface area contributed by atoms with Gasteiger partial charge in [-0.05, 0) is 44.2 Å². The van der Waals surface area contributed by atoms with Gasteiger partial charge in [0.05, 0.1) is 0 Å². The van der Waals surface area contributed by atoms with Crippen LogP contribution in [0, 0.1) is 13.8 Å². The molecule has 0 atom stereocenters. The topological polar surface area (TPSA) is 4.93 Å². The summed E-state index contributed by atoms with van der Waals surface area (Å²) in [4.78, 5) is 0. The third-order valence-corrected chi connectivity index (χ3v) is 3.85. The van der Waals surface area contributed by atoms with Crippen LogP contribution in [-0.4, -0.2) is 4.57 Å². The second-order valence-electron chi connectivity index (χ2n) is 4.73. The van der Waals surface area contributed by atoms with Crippen molar-refractivity contribution in [1.29, 1.82) is 0 Å². The van der Waals surface area contributed by atoms with Crippen LogP contribution >= 0.6 is 0 Å². The molecule has 1 fully saturated rings. The Morgan fingerprint density at radius 3 is 2.29 bits per heavy atom. The van der Waals surface area contributed by atoms with Crippen LogP contribution in [0.25, 0.3) is 0 Å². The average Bonchev–Trinajstić information content (AvgIpc) is 2.47. The smallest absolute Gasteiger partial charge is 0.0208 e. The van der Waals surface area contributed by atoms with Crippen molar-refractivity contribution in [3.8, 4) is 0 Å². The van der Waals surface area contributed by atoms with Gasteiger partial charge in [0.2, 0.25) is 0 Å². The summed E-state index contributed by atoms with van der Waals surface area (Å²) in [6, 6.07) is 2.39. The van der Waals surface area contributed by atoms with E-state index in [4.69, 9.17) is 0 Å². The van der Waals surface area contributed by atoms with E-state index in [-0.39, 0.29) is 0 Å². The number of aromatic nitrogens is 1. The molecule has 2 rings (SSSR count). The molecule has 0 radical (unpaired) electrons. The van der Waals surface area contributed by atoms with Gasteiger partial charge in [0.1, 0.15) is 0 Å². The molecule has 0 spiro atoms. The molecule has 1 aliphatic rings. The van der Waals surface area contributed by atoms with E-state index < -0.39 is 0 Å². The number of rotatable bonds is 1. The van der Waals surface area contributed by atoms with E-state index in [0.29, 0.717) is 0 Å². The van der Waals surface area contributed by atoms with Crippen molar-refractivity contribution < 1.29 is 0 Å². The summed E-state index contributed by atoms with van der Waals surface area (Å²) >= 11 is 0. The van der Waals surface area contributed by atoms with Crippen LogP contribution in [0.4, 0.5) is 0 Å². The summed E-state index contributed by atoms with van der Waals surface area (Å²) in [6.45, 7) is 4.45. The van der Waals surface area contributed by atoms with Crippen LogP contribution in [0.3, 0.4) is 0 Å². The number of nitrogens with zero attached hydrogens (tertiary/aromatic N) is 1. The van der Waals surface area contributed by atoms with Crippen molar-refractivity contribution in [1.82, 2.24) is 4.57 Å². The van der Waals surface area contributed by atoms with Crippen molar-refractivity contribution in [2.45, 2.75) is 51.9 Å². The zero-order chi connectivity index (χ0) is 10.1. The maximum absolute atomic E-state index is 2.39. The summed E-state index contributed by atoms with van der Waals surface area (Å²) < 4.78 is 2.39. The van der Waals surface area contributed by atoms with Crippen molar-refractivity contribution >= 4 is 0 Å². The molecule has 0 saturated heterocycles. The Morgan fingerprint density at radius 1 is 1.14 bits per heavy atom. The summed E-state index contributed by atoms with van der Waals surface area (Å²) in [7, 11) is 2.21. The van der Waals surface area contributed by atoms with Crippen molar-refractivity contribution in [3.05, 3.63) is 23.0 Å². The molecule has 14 heavy (non-hydrogen) atoms. The first-order chi connectivity index (χ1) is 6.70. The zero-order valence-corrected chi connectivity index (χ0v) is 9.64. The molecule has 1 heterocycles. The number of aryl methyl sites for hydroxylation is 1. The summed E-state index contributed by atoms with van der Waals surface area (Å²) in [5.74, 6) is 0.834. The minimum Gasteiger partial charge on any atom is -0.351 e. The van der Waals surface area contributed by atoms with E-state index in [1.807, 2.05) is 0 Å². The first kappa shape index (κ1) is 9.82. The van der Waals surface area contributed by atoms with E-state index in [1.54, 1.807) is 5.69 Å². The van der Waals surface area contributed by atoms with Crippen LogP contribution in [-0.2, 0) is 7.05 Å². The highest BCUT2D eigenvalue weighted by Gasteiger charge is 2.19.